The lowest BCUT2D eigenvalue weighted by atomic mass is 9.82. The number of allylic oxidation sites excluding steroid dienone is 2. The Kier molecular flexibility index (Phi) is 3.64. The predicted octanol–water partition coefficient (Wildman–Crippen LogP) is 2.21. The number of amides is 1. The Bertz CT molecular complexity index is 621. The van der Waals surface area contributed by atoms with Gasteiger partial charge in [-0.2, -0.15) is 0 Å². The lowest BCUT2D eigenvalue weighted by Crippen LogP contribution is -2.36. The Balaban J connectivity index is 1.74. The summed E-state index contributed by atoms with van der Waals surface area (Å²) >= 11 is 0. The third-order valence-corrected chi connectivity index (χ3v) is 4.70. The number of fused-ring (bicyclic) bond motifs is 2. The van der Waals surface area contributed by atoms with Gasteiger partial charge in [0, 0.05) is 25.5 Å². The number of nitrogens with one attached hydrogen (secondary N) is 1. The van der Waals surface area contributed by atoms with Crippen molar-refractivity contribution in [3.63, 3.8) is 0 Å². The minimum Gasteiger partial charge on any atom is -0.481 e. The van der Waals surface area contributed by atoms with Gasteiger partial charge >= 0.3 is 5.97 Å². The number of aliphatic carboxylic acids is 1. The van der Waals surface area contributed by atoms with Crippen LogP contribution in [0, 0.1) is 23.7 Å². The van der Waals surface area contributed by atoms with Crippen molar-refractivity contribution in [1.82, 2.24) is 0 Å². The Labute approximate surface area is 129 Å². The first-order valence-corrected chi connectivity index (χ1v) is 7.47. The molecule has 0 radical (unpaired) electrons. The highest BCUT2D eigenvalue weighted by Gasteiger charge is 2.51. The van der Waals surface area contributed by atoms with Crippen molar-refractivity contribution in [3.8, 4) is 0 Å². The summed E-state index contributed by atoms with van der Waals surface area (Å²) in [7, 11) is 3.90. The highest BCUT2D eigenvalue weighted by Crippen LogP contribution is 2.48. The second kappa shape index (κ2) is 5.48. The molecule has 2 N–H and O–H groups in total. The molecule has 1 aromatic rings. The van der Waals surface area contributed by atoms with E-state index in [2.05, 4.69) is 5.32 Å². The SMILES string of the molecule is CN(C)c1ccc(NC(=O)[C@@H]2[C@@H](C(=O)O)[C@H]3C=C[C@@H]2C3)cc1. The second-order valence-electron chi connectivity index (χ2n) is 6.27. The van der Waals surface area contributed by atoms with Gasteiger partial charge in [-0.15, -0.1) is 0 Å². The van der Waals surface area contributed by atoms with Crippen LogP contribution in [0.5, 0.6) is 0 Å². The zero-order valence-electron chi connectivity index (χ0n) is 12.7. The van der Waals surface area contributed by atoms with E-state index in [1.165, 1.54) is 0 Å². The monoisotopic (exact) mass is 300 g/mol. The molecule has 1 saturated carbocycles. The molecule has 5 heteroatoms. The molecule has 2 bridgehead atoms. The number of benzene rings is 1. The van der Waals surface area contributed by atoms with Gasteiger partial charge in [-0.1, -0.05) is 12.2 Å². The van der Waals surface area contributed by atoms with E-state index >= 15 is 0 Å². The van der Waals surface area contributed by atoms with Crippen LogP contribution in [0.25, 0.3) is 0 Å². The molecule has 4 atom stereocenters. The average Bonchev–Trinajstić information content (AvgIpc) is 3.08. The van der Waals surface area contributed by atoms with E-state index in [4.69, 9.17) is 0 Å². The van der Waals surface area contributed by atoms with Gasteiger partial charge in [-0.25, -0.2) is 0 Å². The van der Waals surface area contributed by atoms with E-state index in [0.717, 1.165) is 12.1 Å². The summed E-state index contributed by atoms with van der Waals surface area (Å²) in [5.74, 6) is -2.10. The largest absolute Gasteiger partial charge is 0.481 e. The van der Waals surface area contributed by atoms with Gasteiger partial charge in [-0.3, -0.25) is 9.59 Å². The van der Waals surface area contributed by atoms with E-state index in [9.17, 15) is 14.7 Å². The van der Waals surface area contributed by atoms with Crippen molar-refractivity contribution in [2.45, 2.75) is 6.42 Å². The number of rotatable bonds is 4. The number of carboxylic acid groups (broad SMARTS) is 1. The summed E-state index contributed by atoms with van der Waals surface area (Å²) in [6.45, 7) is 0. The minimum absolute atomic E-state index is 0.00522. The van der Waals surface area contributed by atoms with Gasteiger partial charge < -0.3 is 15.3 Å². The van der Waals surface area contributed by atoms with Crippen LogP contribution in [-0.4, -0.2) is 31.1 Å². The van der Waals surface area contributed by atoms with Gasteiger partial charge in [-0.05, 0) is 42.5 Å². The van der Waals surface area contributed by atoms with Gasteiger partial charge in [0.2, 0.25) is 5.91 Å². The first kappa shape index (κ1) is 14.6. The molecule has 2 aliphatic rings. The lowest BCUT2D eigenvalue weighted by Gasteiger charge is -2.24. The van der Waals surface area contributed by atoms with E-state index in [1.807, 2.05) is 55.4 Å². The summed E-state index contributed by atoms with van der Waals surface area (Å²) in [5.41, 5.74) is 1.75. The fourth-order valence-electron chi connectivity index (χ4n) is 3.58. The van der Waals surface area contributed by atoms with Crippen LogP contribution < -0.4 is 10.2 Å². The summed E-state index contributed by atoms with van der Waals surface area (Å²) < 4.78 is 0. The molecule has 0 aliphatic heterocycles. The van der Waals surface area contributed by atoms with Crippen LogP contribution in [0.1, 0.15) is 6.42 Å². The van der Waals surface area contributed by atoms with Crippen molar-refractivity contribution in [2.75, 3.05) is 24.3 Å². The maximum Gasteiger partial charge on any atom is 0.307 e. The molecule has 0 heterocycles. The highest BCUT2D eigenvalue weighted by atomic mass is 16.4. The maximum atomic E-state index is 12.5. The predicted molar refractivity (Wildman–Crippen MR) is 84.8 cm³/mol. The molecule has 0 unspecified atom stereocenters. The summed E-state index contributed by atoms with van der Waals surface area (Å²) in [6, 6.07) is 7.52. The molecule has 3 rings (SSSR count). The maximum absolute atomic E-state index is 12.5. The van der Waals surface area contributed by atoms with E-state index in [0.29, 0.717) is 5.69 Å². The molecule has 0 aromatic heterocycles. The third kappa shape index (κ3) is 2.47. The Morgan fingerprint density at radius 3 is 2.23 bits per heavy atom. The third-order valence-electron chi connectivity index (χ3n) is 4.70. The van der Waals surface area contributed by atoms with Crippen LogP contribution in [0.2, 0.25) is 0 Å². The van der Waals surface area contributed by atoms with Crippen molar-refractivity contribution >= 4 is 23.3 Å². The van der Waals surface area contributed by atoms with Crippen LogP contribution in [0.3, 0.4) is 0 Å². The van der Waals surface area contributed by atoms with Crippen LogP contribution in [0.4, 0.5) is 11.4 Å². The molecule has 0 saturated heterocycles. The zero-order valence-corrected chi connectivity index (χ0v) is 12.7. The molecule has 1 amide bonds. The van der Waals surface area contributed by atoms with Gasteiger partial charge in [0.05, 0.1) is 11.8 Å². The smallest absolute Gasteiger partial charge is 0.307 e. The summed E-state index contributed by atoms with van der Waals surface area (Å²) in [6.07, 6.45) is 4.71. The van der Waals surface area contributed by atoms with Crippen molar-refractivity contribution in [2.24, 2.45) is 23.7 Å². The molecular weight excluding hydrogens is 280 g/mol. The van der Waals surface area contributed by atoms with Gasteiger partial charge in [0.25, 0.3) is 0 Å². The van der Waals surface area contributed by atoms with Gasteiger partial charge in [0.1, 0.15) is 0 Å². The standard InChI is InChI=1S/C17H20N2O3/c1-19(2)13-7-5-12(6-8-13)18-16(20)14-10-3-4-11(9-10)15(14)17(21)22/h3-8,10-11,14-15H,9H2,1-2H3,(H,18,20)(H,21,22)/t10-,11+,14+,15+/m1/s1. The fraction of sp³-hybridized carbons (Fsp3) is 0.412. The van der Waals surface area contributed by atoms with E-state index in [1.54, 1.807) is 0 Å². The van der Waals surface area contributed by atoms with Crippen LogP contribution in [0.15, 0.2) is 36.4 Å². The number of anilines is 2. The first-order valence-electron chi connectivity index (χ1n) is 7.47. The quantitative estimate of drug-likeness (QED) is 0.837. The van der Waals surface area contributed by atoms with Crippen LogP contribution >= 0.6 is 0 Å². The van der Waals surface area contributed by atoms with Gasteiger partial charge in [0.15, 0.2) is 0 Å². The fourth-order valence-corrected chi connectivity index (χ4v) is 3.58. The minimum atomic E-state index is -0.875. The molecule has 22 heavy (non-hydrogen) atoms. The number of carbonyl (C=O) groups excluding carboxylic acids is 1. The second-order valence-corrected chi connectivity index (χ2v) is 6.27. The zero-order chi connectivity index (χ0) is 15.9. The lowest BCUT2D eigenvalue weighted by molar-refractivity contribution is -0.146. The molecule has 2 aliphatic carbocycles. The molecule has 1 aromatic carbocycles. The molecule has 5 nitrogen and oxygen atoms in total. The normalized spacial score (nSPS) is 28.6. The molecule has 116 valence electrons. The van der Waals surface area contributed by atoms with Crippen molar-refractivity contribution in [3.05, 3.63) is 36.4 Å². The highest BCUT2D eigenvalue weighted by molar-refractivity contribution is 5.96. The molecule has 1 fully saturated rings. The number of hydrogen-bond donors (Lipinski definition) is 2. The van der Waals surface area contributed by atoms with E-state index in [-0.39, 0.29) is 17.7 Å². The molecular formula is C17H20N2O3. The average molecular weight is 300 g/mol. The number of carboxylic acids is 1. The van der Waals surface area contributed by atoms with Crippen molar-refractivity contribution in [1.29, 1.82) is 0 Å². The topological polar surface area (TPSA) is 69.6 Å². The van der Waals surface area contributed by atoms with E-state index < -0.39 is 17.8 Å². The summed E-state index contributed by atoms with van der Waals surface area (Å²) in [5, 5.41) is 12.3. The van der Waals surface area contributed by atoms with Crippen LogP contribution in [-0.2, 0) is 9.59 Å². The Morgan fingerprint density at radius 2 is 1.68 bits per heavy atom. The number of nitrogens with zero attached hydrogens (tertiary/aromatic N) is 1. The number of carbonyl (C=O) groups is 2. The number of hydrogen-bond acceptors (Lipinski definition) is 3. The molecule has 0 spiro atoms. The summed E-state index contributed by atoms with van der Waals surface area (Å²) in [4.78, 5) is 26.0. The Morgan fingerprint density at radius 1 is 1.09 bits per heavy atom. The Hall–Kier alpha value is -2.30. The first-order chi connectivity index (χ1) is 10.5. The van der Waals surface area contributed by atoms with Crippen molar-refractivity contribution < 1.29 is 14.7 Å².